The number of amides is 1. The molecule has 4 atom stereocenters. The highest BCUT2D eigenvalue weighted by Crippen LogP contribution is 2.74. The summed E-state index contributed by atoms with van der Waals surface area (Å²) >= 11 is 0. The molecule has 2 aliphatic carbocycles. The third-order valence-corrected chi connectivity index (χ3v) is 5.97. The lowest BCUT2D eigenvalue weighted by atomic mass is 9.66. The van der Waals surface area contributed by atoms with Gasteiger partial charge in [0.2, 0.25) is 0 Å². The summed E-state index contributed by atoms with van der Waals surface area (Å²) in [6.07, 6.45) is 5.00. The first kappa shape index (κ1) is 11.3. The average molecular weight is 235 g/mol. The molecule has 3 rings (SSSR count). The Bertz CT molecular complexity index is 394. The van der Waals surface area contributed by atoms with Crippen LogP contribution < -0.4 is 5.32 Å². The predicted molar refractivity (Wildman–Crippen MR) is 65.4 cm³/mol. The number of rotatable bonds is 3. The SMILES string of the molecule is C=CCNC(=O)[C@]12C[C@@H]3CC[C@@]1(C)[C@]3(C)CO2. The molecule has 1 heterocycles. The van der Waals surface area contributed by atoms with Gasteiger partial charge in [-0.15, -0.1) is 6.58 Å². The fourth-order valence-corrected chi connectivity index (χ4v) is 4.57. The molecule has 1 aliphatic heterocycles. The highest BCUT2D eigenvalue weighted by atomic mass is 16.5. The van der Waals surface area contributed by atoms with Gasteiger partial charge in [-0.3, -0.25) is 4.79 Å². The fourth-order valence-electron chi connectivity index (χ4n) is 4.57. The zero-order valence-electron chi connectivity index (χ0n) is 10.7. The van der Waals surface area contributed by atoms with Crippen LogP contribution in [0.1, 0.15) is 33.1 Å². The number of hydrogen-bond donors (Lipinski definition) is 1. The molecule has 0 radical (unpaired) electrons. The minimum absolute atomic E-state index is 0.0237. The van der Waals surface area contributed by atoms with E-state index < -0.39 is 5.60 Å². The van der Waals surface area contributed by atoms with Crippen molar-refractivity contribution in [1.29, 1.82) is 0 Å². The largest absolute Gasteiger partial charge is 0.364 e. The molecule has 3 fully saturated rings. The number of carbonyl (C=O) groups is 1. The first-order valence-electron chi connectivity index (χ1n) is 6.53. The summed E-state index contributed by atoms with van der Waals surface area (Å²) in [5.74, 6) is 0.738. The molecule has 1 N–H and O–H groups in total. The van der Waals surface area contributed by atoms with Crippen LogP contribution in [0, 0.1) is 16.7 Å². The van der Waals surface area contributed by atoms with E-state index >= 15 is 0 Å². The van der Waals surface area contributed by atoms with Crippen LogP contribution in [0.4, 0.5) is 0 Å². The highest BCUT2D eigenvalue weighted by Gasteiger charge is 2.78. The summed E-state index contributed by atoms with van der Waals surface area (Å²) < 4.78 is 5.99. The summed E-state index contributed by atoms with van der Waals surface area (Å²) in [5.41, 5.74) is -0.331. The van der Waals surface area contributed by atoms with Crippen LogP contribution in [0.3, 0.4) is 0 Å². The zero-order chi connectivity index (χ0) is 12.3. The Kier molecular flexibility index (Phi) is 2.08. The van der Waals surface area contributed by atoms with Crippen molar-refractivity contribution in [2.45, 2.75) is 38.7 Å². The van der Waals surface area contributed by atoms with Gasteiger partial charge in [0.1, 0.15) is 0 Å². The molecule has 1 saturated heterocycles. The average Bonchev–Trinajstić information content (AvgIpc) is 2.78. The molecule has 0 spiro atoms. The molecule has 2 saturated carbocycles. The maximum Gasteiger partial charge on any atom is 0.253 e. The Morgan fingerprint density at radius 1 is 1.59 bits per heavy atom. The van der Waals surface area contributed by atoms with Crippen LogP contribution >= 0.6 is 0 Å². The first-order valence-corrected chi connectivity index (χ1v) is 6.53. The van der Waals surface area contributed by atoms with E-state index in [4.69, 9.17) is 4.74 Å². The van der Waals surface area contributed by atoms with Crippen LogP contribution in [-0.4, -0.2) is 24.7 Å². The molecular formula is C14H21NO2. The van der Waals surface area contributed by atoms with Crippen LogP contribution in [-0.2, 0) is 9.53 Å². The second-order valence-electron chi connectivity index (χ2n) is 6.30. The third-order valence-electron chi connectivity index (χ3n) is 5.97. The molecule has 3 nitrogen and oxygen atoms in total. The van der Waals surface area contributed by atoms with Crippen molar-refractivity contribution in [3.8, 4) is 0 Å². The van der Waals surface area contributed by atoms with Crippen LogP contribution in [0.15, 0.2) is 12.7 Å². The van der Waals surface area contributed by atoms with Crippen molar-refractivity contribution < 1.29 is 9.53 Å². The van der Waals surface area contributed by atoms with Gasteiger partial charge in [0.25, 0.3) is 5.91 Å². The van der Waals surface area contributed by atoms with Crippen molar-refractivity contribution >= 4 is 5.91 Å². The van der Waals surface area contributed by atoms with Gasteiger partial charge >= 0.3 is 0 Å². The third kappa shape index (κ3) is 1.00. The summed E-state index contributed by atoms with van der Waals surface area (Å²) in [7, 11) is 0. The van der Waals surface area contributed by atoms with Gasteiger partial charge in [0.05, 0.1) is 6.61 Å². The normalized spacial score (nSPS) is 50.6. The van der Waals surface area contributed by atoms with E-state index in [0.717, 1.165) is 19.4 Å². The number of ether oxygens (including phenoxy) is 1. The predicted octanol–water partition coefficient (Wildman–Crippen LogP) is 1.88. The van der Waals surface area contributed by atoms with Gasteiger partial charge in [-0.2, -0.15) is 0 Å². The Hall–Kier alpha value is -0.830. The molecule has 0 aromatic rings. The molecule has 3 heteroatoms. The Labute approximate surface area is 103 Å². The Morgan fingerprint density at radius 2 is 2.35 bits per heavy atom. The molecule has 0 unspecified atom stereocenters. The lowest BCUT2D eigenvalue weighted by Gasteiger charge is -2.39. The summed E-state index contributed by atoms with van der Waals surface area (Å²) in [6, 6.07) is 0. The van der Waals surface area contributed by atoms with E-state index in [9.17, 15) is 4.79 Å². The van der Waals surface area contributed by atoms with Crippen LogP contribution in [0.5, 0.6) is 0 Å². The van der Waals surface area contributed by atoms with Crippen molar-refractivity contribution in [1.82, 2.24) is 5.32 Å². The Balaban J connectivity index is 1.95. The van der Waals surface area contributed by atoms with Crippen LogP contribution in [0.25, 0.3) is 0 Å². The van der Waals surface area contributed by atoms with Gasteiger partial charge in [-0.05, 0) is 25.2 Å². The lowest BCUT2D eigenvalue weighted by Crippen LogP contribution is -2.55. The smallest absolute Gasteiger partial charge is 0.253 e. The van der Waals surface area contributed by atoms with Crippen molar-refractivity contribution in [3.05, 3.63) is 12.7 Å². The van der Waals surface area contributed by atoms with E-state index in [1.54, 1.807) is 6.08 Å². The monoisotopic (exact) mass is 235 g/mol. The minimum Gasteiger partial charge on any atom is -0.364 e. The van der Waals surface area contributed by atoms with E-state index in [1.807, 2.05) is 0 Å². The molecule has 17 heavy (non-hydrogen) atoms. The van der Waals surface area contributed by atoms with Gasteiger partial charge in [0, 0.05) is 17.4 Å². The fraction of sp³-hybridized carbons (Fsp3) is 0.786. The molecule has 1 amide bonds. The summed E-state index contributed by atoms with van der Waals surface area (Å²) in [5, 5.41) is 2.94. The van der Waals surface area contributed by atoms with Gasteiger partial charge in [-0.25, -0.2) is 0 Å². The van der Waals surface area contributed by atoms with E-state index in [1.165, 1.54) is 6.42 Å². The summed E-state index contributed by atoms with van der Waals surface area (Å²) in [6.45, 7) is 9.47. The van der Waals surface area contributed by atoms with E-state index in [2.05, 4.69) is 25.7 Å². The van der Waals surface area contributed by atoms with Crippen molar-refractivity contribution in [3.63, 3.8) is 0 Å². The van der Waals surface area contributed by atoms with Gasteiger partial charge < -0.3 is 10.1 Å². The number of nitrogens with one attached hydrogen (secondary N) is 1. The Morgan fingerprint density at radius 3 is 2.94 bits per heavy atom. The first-order chi connectivity index (χ1) is 8.00. The lowest BCUT2D eigenvalue weighted by molar-refractivity contribution is -0.155. The molecule has 94 valence electrons. The maximum absolute atomic E-state index is 12.4. The summed E-state index contributed by atoms with van der Waals surface area (Å²) in [4.78, 5) is 12.4. The van der Waals surface area contributed by atoms with Crippen LogP contribution in [0.2, 0.25) is 0 Å². The van der Waals surface area contributed by atoms with E-state index in [-0.39, 0.29) is 16.7 Å². The number of carbonyl (C=O) groups excluding carboxylic acids is 1. The van der Waals surface area contributed by atoms with Crippen molar-refractivity contribution in [2.75, 3.05) is 13.2 Å². The van der Waals surface area contributed by atoms with Gasteiger partial charge in [-0.1, -0.05) is 19.9 Å². The molecule has 0 aromatic heterocycles. The molecule has 0 aromatic carbocycles. The topological polar surface area (TPSA) is 38.3 Å². The molecule has 3 aliphatic rings. The van der Waals surface area contributed by atoms with Gasteiger partial charge in [0.15, 0.2) is 5.60 Å². The quantitative estimate of drug-likeness (QED) is 0.759. The van der Waals surface area contributed by atoms with E-state index in [0.29, 0.717) is 12.5 Å². The second-order valence-corrected chi connectivity index (χ2v) is 6.30. The standard InChI is InChI=1S/C14H21NO2/c1-4-7-15-11(16)14-8-10-5-6-13(14,3)12(10,2)9-17-14/h4,10H,1,5-9H2,2-3H3,(H,15,16)/t10-,12+,13-,14+/m0/s1. The zero-order valence-corrected chi connectivity index (χ0v) is 10.7. The minimum atomic E-state index is -0.562. The molecule has 4 bridgehead atoms. The maximum atomic E-state index is 12.4. The van der Waals surface area contributed by atoms with Crippen molar-refractivity contribution in [2.24, 2.45) is 16.7 Å². The second kappa shape index (κ2) is 3.14. The molecular weight excluding hydrogens is 214 g/mol. The number of hydrogen-bond acceptors (Lipinski definition) is 2. The highest BCUT2D eigenvalue weighted by molar-refractivity contribution is 5.88.